The summed E-state index contributed by atoms with van der Waals surface area (Å²) in [6.07, 6.45) is 4.50. The van der Waals surface area contributed by atoms with Gasteiger partial charge < -0.3 is 10.6 Å². The highest BCUT2D eigenvalue weighted by Crippen LogP contribution is 2.41. The molecule has 142 valence electrons. The average molecular weight is 375 g/mol. The van der Waals surface area contributed by atoms with Crippen LogP contribution in [0.15, 0.2) is 42.5 Å². The smallest absolute Gasteiger partial charge is 0.325 e. The van der Waals surface area contributed by atoms with Crippen molar-refractivity contribution in [2.75, 3.05) is 11.9 Å². The molecule has 6 nitrogen and oxygen atoms in total. The SMILES string of the molecule is O=C(CN1C(=O)NC2(CCc3ccccc32)C1=O)Nc1ccc2c(c1)CCC2. The molecular weight excluding hydrogens is 354 g/mol. The van der Waals surface area contributed by atoms with Crippen LogP contribution in [0.3, 0.4) is 0 Å². The number of carbonyl (C=O) groups excluding carboxylic acids is 3. The van der Waals surface area contributed by atoms with E-state index in [0.717, 1.165) is 41.7 Å². The molecule has 0 bridgehead atoms. The van der Waals surface area contributed by atoms with Crippen LogP contribution in [-0.4, -0.2) is 29.3 Å². The van der Waals surface area contributed by atoms with E-state index in [1.165, 1.54) is 11.1 Å². The lowest BCUT2D eigenvalue weighted by Gasteiger charge is -2.22. The van der Waals surface area contributed by atoms with Gasteiger partial charge in [-0.1, -0.05) is 30.3 Å². The maximum absolute atomic E-state index is 13.1. The number of amides is 4. The number of benzene rings is 2. The van der Waals surface area contributed by atoms with Crippen LogP contribution < -0.4 is 10.6 Å². The first-order chi connectivity index (χ1) is 13.6. The quantitative estimate of drug-likeness (QED) is 0.809. The molecule has 1 spiro atoms. The molecule has 2 aliphatic carbocycles. The monoisotopic (exact) mass is 375 g/mol. The first kappa shape index (κ1) is 17.0. The Balaban J connectivity index is 1.33. The van der Waals surface area contributed by atoms with Crippen LogP contribution in [-0.2, 0) is 34.4 Å². The van der Waals surface area contributed by atoms with E-state index in [1.807, 2.05) is 42.5 Å². The van der Waals surface area contributed by atoms with Crippen LogP contribution in [0.25, 0.3) is 0 Å². The zero-order chi connectivity index (χ0) is 19.3. The van der Waals surface area contributed by atoms with Crippen LogP contribution in [0.2, 0.25) is 0 Å². The first-order valence-corrected chi connectivity index (χ1v) is 9.71. The molecular formula is C22H21N3O3. The topological polar surface area (TPSA) is 78.5 Å². The Labute approximate surface area is 162 Å². The molecule has 1 aliphatic heterocycles. The number of rotatable bonds is 3. The summed E-state index contributed by atoms with van der Waals surface area (Å²) < 4.78 is 0. The molecule has 28 heavy (non-hydrogen) atoms. The number of urea groups is 1. The van der Waals surface area contributed by atoms with Crippen LogP contribution in [0.5, 0.6) is 0 Å². The minimum absolute atomic E-state index is 0.286. The van der Waals surface area contributed by atoms with E-state index in [-0.39, 0.29) is 18.4 Å². The molecule has 2 aromatic carbocycles. The number of nitrogens with zero attached hydrogens (tertiary/aromatic N) is 1. The highest BCUT2D eigenvalue weighted by molar-refractivity contribution is 6.10. The summed E-state index contributed by atoms with van der Waals surface area (Å²) in [5.41, 5.74) is 4.18. The predicted molar refractivity (Wildman–Crippen MR) is 104 cm³/mol. The molecule has 1 atom stereocenters. The molecule has 1 unspecified atom stereocenters. The van der Waals surface area contributed by atoms with Gasteiger partial charge in [-0.15, -0.1) is 0 Å². The molecule has 1 heterocycles. The second-order valence-corrected chi connectivity index (χ2v) is 7.77. The van der Waals surface area contributed by atoms with E-state index < -0.39 is 11.6 Å². The predicted octanol–water partition coefficient (Wildman–Crippen LogP) is 2.51. The Hall–Kier alpha value is -3.15. The van der Waals surface area contributed by atoms with Crippen molar-refractivity contribution < 1.29 is 14.4 Å². The van der Waals surface area contributed by atoms with E-state index in [9.17, 15) is 14.4 Å². The largest absolute Gasteiger partial charge is 0.325 e. The molecule has 4 amide bonds. The highest BCUT2D eigenvalue weighted by atomic mass is 16.2. The minimum Gasteiger partial charge on any atom is -0.325 e. The van der Waals surface area contributed by atoms with Crippen molar-refractivity contribution in [1.82, 2.24) is 10.2 Å². The normalized spacial score (nSPS) is 22.4. The second-order valence-electron chi connectivity index (χ2n) is 7.77. The molecule has 1 fully saturated rings. The van der Waals surface area contributed by atoms with Gasteiger partial charge in [0.1, 0.15) is 12.1 Å². The molecule has 0 radical (unpaired) electrons. The Kier molecular flexibility index (Phi) is 3.75. The number of hydrogen-bond acceptors (Lipinski definition) is 3. The van der Waals surface area contributed by atoms with Crippen molar-refractivity contribution in [2.24, 2.45) is 0 Å². The molecule has 3 aliphatic rings. The van der Waals surface area contributed by atoms with Crippen LogP contribution >= 0.6 is 0 Å². The van der Waals surface area contributed by atoms with Gasteiger partial charge in [0.05, 0.1) is 0 Å². The van der Waals surface area contributed by atoms with Gasteiger partial charge in [0, 0.05) is 5.69 Å². The summed E-state index contributed by atoms with van der Waals surface area (Å²) in [5, 5.41) is 5.67. The number of aryl methyl sites for hydroxylation is 3. The third kappa shape index (κ3) is 2.52. The zero-order valence-corrected chi connectivity index (χ0v) is 15.5. The van der Waals surface area contributed by atoms with Crippen molar-refractivity contribution >= 4 is 23.5 Å². The second kappa shape index (κ2) is 6.19. The van der Waals surface area contributed by atoms with Crippen LogP contribution in [0.1, 0.15) is 35.1 Å². The molecule has 1 saturated heterocycles. The van der Waals surface area contributed by atoms with Crippen molar-refractivity contribution in [3.05, 3.63) is 64.7 Å². The van der Waals surface area contributed by atoms with Gasteiger partial charge >= 0.3 is 6.03 Å². The number of nitrogens with one attached hydrogen (secondary N) is 2. The summed E-state index contributed by atoms with van der Waals surface area (Å²) in [5.74, 6) is -0.712. The maximum atomic E-state index is 13.1. The van der Waals surface area contributed by atoms with E-state index in [0.29, 0.717) is 12.1 Å². The molecule has 6 heteroatoms. The van der Waals surface area contributed by atoms with Crippen molar-refractivity contribution in [3.8, 4) is 0 Å². The standard InChI is InChI=1S/C22H21N3O3/c26-19(23-17-9-8-14-5-3-6-16(14)12-17)13-25-20(27)22(24-21(25)28)11-10-15-4-1-2-7-18(15)22/h1-2,4,7-9,12H,3,5-6,10-11,13H2,(H,23,26)(H,24,28). The fourth-order valence-corrected chi connectivity index (χ4v) is 4.73. The fourth-order valence-electron chi connectivity index (χ4n) is 4.73. The Morgan fingerprint density at radius 1 is 1.04 bits per heavy atom. The van der Waals surface area contributed by atoms with Gasteiger partial charge in [-0.3, -0.25) is 14.5 Å². The van der Waals surface area contributed by atoms with E-state index in [2.05, 4.69) is 10.6 Å². The van der Waals surface area contributed by atoms with Crippen molar-refractivity contribution in [2.45, 2.75) is 37.6 Å². The summed E-state index contributed by atoms with van der Waals surface area (Å²) in [6, 6.07) is 13.1. The Bertz CT molecular complexity index is 1020. The Morgan fingerprint density at radius 3 is 2.75 bits per heavy atom. The van der Waals surface area contributed by atoms with Gasteiger partial charge in [0.15, 0.2) is 0 Å². The van der Waals surface area contributed by atoms with Gasteiger partial charge in [-0.25, -0.2) is 4.79 Å². The van der Waals surface area contributed by atoms with E-state index in [4.69, 9.17) is 0 Å². The fraction of sp³-hybridized carbons (Fsp3) is 0.318. The lowest BCUT2D eigenvalue weighted by Crippen LogP contribution is -2.43. The third-order valence-electron chi connectivity index (χ3n) is 6.11. The summed E-state index contributed by atoms with van der Waals surface area (Å²) in [7, 11) is 0. The minimum atomic E-state index is -1.03. The summed E-state index contributed by atoms with van der Waals surface area (Å²) in [6.45, 7) is -0.286. The maximum Gasteiger partial charge on any atom is 0.325 e. The third-order valence-corrected chi connectivity index (χ3v) is 6.11. The van der Waals surface area contributed by atoms with Crippen molar-refractivity contribution in [1.29, 1.82) is 0 Å². The van der Waals surface area contributed by atoms with Crippen LogP contribution in [0, 0.1) is 0 Å². The zero-order valence-electron chi connectivity index (χ0n) is 15.5. The molecule has 2 N–H and O–H groups in total. The summed E-state index contributed by atoms with van der Waals surface area (Å²) in [4.78, 5) is 39.2. The van der Waals surface area contributed by atoms with Crippen LogP contribution in [0.4, 0.5) is 10.5 Å². The number of imide groups is 1. The van der Waals surface area contributed by atoms with E-state index >= 15 is 0 Å². The number of fused-ring (bicyclic) bond motifs is 3. The highest BCUT2D eigenvalue weighted by Gasteiger charge is 2.55. The lowest BCUT2D eigenvalue weighted by atomic mass is 9.92. The molecule has 0 aromatic heterocycles. The van der Waals surface area contributed by atoms with Crippen molar-refractivity contribution in [3.63, 3.8) is 0 Å². The van der Waals surface area contributed by atoms with Gasteiger partial charge in [-0.05, 0) is 66.5 Å². The molecule has 5 rings (SSSR count). The van der Waals surface area contributed by atoms with Gasteiger partial charge in [0.25, 0.3) is 5.91 Å². The Morgan fingerprint density at radius 2 is 1.86 bits per heavy atom. The first-order valence-electron chi connectivity index (χ1n) is 9.71. The summed E-state index contributed by atoms with van der Waals surface area (Å²) >= 11 is 0. The van der Waals surface area contributed by atoms with E-state index in [1.54, 1.807) is 0 Å². The number of carbonyl (C=O) groups is 3. The lowest BCUT2D eigenvalue weighted by molar-refractivity contribution is -0.134. The average Bonchev–Trinajstić information content (AvgIpc) is 3.36. The van der Waals surface area contributed by atoms with Gasteiger partial charge in [0.2, 0.25) is 5.91 Å². The number of hydrogen-bond donors (Lipinski definition) is 2. The molecule has 0 saturated carbocycles. The number of anilines is 1. The molecule has 2 aromatic rings. The van der Waals surface area contributed by atoms with Gasteiger partial charge in [-0.2, -0.15) is 0 Å².